The van der Waals surface area contributed by atoms with Crippen LogP contribution in [0.25, 0.3) is 5.52 Å². The number of fused-ring (bicyclic) bond motifs is 1. The highest BCUT2D eigenvalue weighted by atomic mass is 16.5. The predicted octanol–water partition coefficient (Wildman–Crippen LogP) is 3.41. The van der Waals surface area contributed by atoms with Crippen molar-refractivity contribution in [1.29, 1.82) is 0 Å². The van der Waals surface area contributed by atoms with Gasteiger partial charge < -0.3 is 9.47 Å². The maximum atomic E-state index is 13.4. The van der Waals surface area contributed by atoms with E-state index in [2.05, 4.69) is 4.98 Å². The van der Waals surface area contributed by atoms with Crippen molar-refractivity contribution in [3.05, 3.63) is 59.2 Å². The van der Waals surface area contributed by atoms with Gasteiger partial charge >= 0.3 is 5.97 Å². The van der Waals surface area contributed by atoms with Gasteiger partial charge in [-0.2, -0.15) is 5.10 Å². The van der Waals surface area contributed by atoms with Gasteiger partial charge in [0.05, 0.1) is 37.2 Å². The van der Waals surface area contributed by atoms with Crippen LogP contribution in [-0.2, 0) is 4.74 Å². The highest BCUT2D eigenvalue weighted by Crippen LogP contribution is 2.37. The van der Waals surface area contributed by atoms with E-state index in [-0.39, 0.29) is 23.1 Å². The standard InChI is InChI=1S/C21H21N3O4/c1-27-14-10-11-17-18(19(23-24(17)12-14)13-6-3-4-7-13)20(25)15-8-5-9-16(22-15)21(26)28-2/h5,8-13H,3-4,6-7H2,1-2H3. The molecule has 0 bridgehead atoms. The molecule has 3 aromatic rings. The van der Waals surface area contributed by atoms with Crippen LogP contribution in [0.1, 0.15) is 63.8 Å². The zero-order valence-electron chi connectivity index (χ0n) is 15.8. The highest BCUT2D eigenvalue weighted by molar-refractivity contribution is 6.13. The lowest BCUT2D eigenvalue weighted by atomic mass is 9.95. The Morgan fingerprint density at radius 3 is 2.54 bits per heavy atom. The van der Waals surface area contributed by atoms with E-state index in [1.54, 1.807) is 30.0 Å². The van der Waals surface area contributed by atoms with Crippen molar-refractivity contribution >= 4 is 17.3 Å². The van der Waals surface area contributed by atoms with Gasteiger partial charge in [0.2, 0.25) is 5.78 Å². The van der Waals surface area contributed by atoms with Gasteiger partial charge in [0.25, 0.3) is 0 Å². The van der Waals surface area contributed by atoms with Gasteiger partial charge in [-0.3, -0.25) is 4.79 Å². The molecule has 28 heavy (non-hydrogen) atoms. The van der Waals surface area contributed by atoms with Crippen molar-refractivity contribution in [3.8, 4) is 5.75 Å². The summed E-state index contributed by atoms with van der Waals surface area (Å²) in [6.45, 7) is 0. The van der Waals surface area contributed by atoms with Crippen molar-refractivity contribution < 1.29 is 19.1 Å². The summed E-state index contributed by atoms with van der Waals surface area (Å²) in [6, 6.07) is 8.42. The van der Waals surface area contributed by atoms with Crippen molar-refractivity contribution in [2.45, 2.75) is 31.6 Å². The summed E-state index contributed by atoms with van der Waals surface area (Å²) < 4.78 is 11.7. The summed E-state index contributed by atoms with van der Waals surface area (Å²) in [4.78, 5) is 29.4. The van der Waals surface area contributed by atoms with E-state index in [1.807, 2.05) is 12.1 Å². The molecule has 0 atom stereocenters. The van der Waals surface area contributed by atoms with E-state index in [9.17, 15) is 9.59 Å². The summed E-state index contributed by atoms with van der Waals surface area (Å²) in [7, 11) is 2.88. The molecule has 7 heteroatoms. The molecule has 3 heterocycles. The number of methoxy groups -OCH3 is 2. The smallest absolute Gasteiger partial charge is 0.356 e. The van der Waals surface area contributed by atoms with Crippen LogP contribution in [0.3, 0.4) is 0 Å². The maximum absolute atomic E-state index is 13.4. The number of carbonyl (C=O) groups excluding carboxylic acids is 2. The molecule has 1 aliphatic carbocycles. The molecule has 7 nitrogen and oxygen atoms in total. The molecule has 4 rings (SSSR count). The quantitative estimate of drug-likeness (QED) is 0.499. The van der Waals surface area contributed by atoms with Gasteiger partial charge in [-0.25, -0.2) is 14.3 Å². The number of hydrogen-bond donors (Lipinski definition) is 0. The summed E-state index contributed by atoms with van der Waals surface area (Å²) in [5.74, 6) is 0.0921. The monoisotopic (exact) mass is 379 g/mol. The molecule has 0 amide bonds. The Bertz CT molecular complexity index is 1050. The number of ether oxygens (including phenoxy) is 2. The first-order valence-corrected chi connectivity index (χ1v) is 9.28. The number of esters is 1. The van der Waals surface area contributed by atoms with Crippen molar-refractivity contribution in [1.82, 2.24) is 14.6 Å². The number of carbonyl (C=O) groups is 2. The average Bonchev–Trinajstić information content (AvgIpc) is 3.39. The number of rotatable bonds is 5. The van der Waals surface area contributed by atoms with E-state index >= 15 is 0 Å². The highest BCUT2D eigenvalue weighted by Gasteiger charge is 2.29. The Hall–Kier alpha value is -3.22. The third kappa shape index (κ3) is 3.13. The number of ketones is 1. The lowest BCUT2D eigenvalue weighted by Gasteiger charge is -2.08. The van der Waals surface area contributed by atoms with Gasteiger partial charge in [0, 0.05) is 5.92 Å². The minimum atomic E-state index is -0.574. The van der Waals surface area contributed by atoms with Crippen LogP contribution >= 0.6 is 0 Å². The number of aromatic nitrogens is 3. The second-order valence-corrected chi connectivity index (χ2v) is 6.87. The van der Waals surface area contributed by atoms with Gasteiger partial charge in [-0.15, -0.1) is 0 Å². The normalized spacial score (nSPS) is 14.4. The minimum absolute atomic E-state index is 0.105. The fourth-order valence-electron chi connectivity index (χ4n) is 3.79. The van der Waals surface area contributed by atoms with E-state index in [0.717, 1.165) is 31.4 Å². The SMILES string of the molecule is COC(=O)c1cccc(C(=O)c2c(C3CCCC3)nn3cc(OC)ccc23)n1. The van der Waals surface area contributed by atoms with E-state index in [1.165, 1.54) is 13.2 Å². The number of nitrogens with zero attached hydrogens (tertiary/aromatic N) is 3. The third-order valence-electron chi connectivity index (χ3n) is 5.21. The zero-order chi connectivity index (χ0) is 19.7. The van der Waals surface area contributed by atoms with Crippen molar-refractivity contribution in [2.24, 2.45) is 0 Å². The first-order chi connectivity index (χ1) is 13.6. The molecule has 1 aliphatic rings. The van der Waals surface area contributed by atoms with Crippen LogP contribution in [0.4, 0.5) is 0 Å². The first kappa shape index (κ1) is 18.2. The second-order valence-electron chi connectivity index (χ2n) is 6.87. The molecule has 0 aromatic carbocycles. The fourth-order valence-corrected chi connectivity index (χ4v) is 3.79. The Kier molecular flexibility index (Phi) is 4.81. The average molecular weight is 379 g/mol. The molecule has 0 saturated heterocycles. The molecule has 1 saturated carbocycles. The number of hydrogen-bond acceptors (Lipinski definition) is 6. The molecule has 0 unspecified atom stereocenters. The Morgan fingerprint density at radius 2 is 1.82 bits per heavy atom. The van der Waals surface area contributed by atoms with Crippen LogP contribution in [0.5, 0.6) is 5.75 Å². The van der Waals surface area contributed by atoms with Gasteiger partial charge in [0.1, 0.15) is 17.1 Å². The molecular weight excluding hydrogens is 358 g/mol. The zero-order valence-corrected chi connectivity index (χ0v) is 15.8. The molecule has 0 N–H and O–H groups in total. The van der Waals surface area contributed by atoms with Crippen LogP contribution < -0.4 is 4.74 Å². The topological polar surface area (TPSA) is 82.8 Å². The van der Waals surface area contributed by atoms with Crippen LogP contribution in [0.15, 0.2) is 36.5 Å². The Morgan fingerprint density at radius 1 is 1.07 bits per heavy atom. The van der Waals surface area contributed by atoms with Crippen molar-refractivity contribution in [2.75, 3.05) is 14.2 Å². The summed E-state index contributed by atoms with van der Waals surface area (Å²) in [5.41, 5.74) is 2.35. The Balaban J connectivity index is 1.85. The van der Waals surface area contributed by atoms with Gasteiger partial charge in [0.15, 0.2) is 0 Å². The van der Waals surface area contributed by atoms with E-state index < -0.39 is 5.97 Å². The van der Waals surface area contributed by atoms with Gasteiger partial charge in [-0.05, 0) is 37.1 Å². The largest absolute Gasteiger partial charge is 0.495 e. The predicted molar refractivity (Wildman–Crippen MR) is 102 cm³/mol. The minimum Gasteiger partial charge on any atom is -0.495 e. The van der Waals surface area contributed by atoms with Crippen LogP contribution in [-0.4, -0.2) is 40.6 Å². The summed E-state index contributed by atoms with van der Waals surface area (Å²) >= 11 is 0. The maximum Gasteiger partial charge on any atom is 0.356 e. The molecule has 3 aromatic heterocycles. The summed E-state index contributed by atoms with van der Waals surface area (Å²) in [5, 5.41) is 4.72. The van der Waals surface area contributed by atoms with Crippen molar-refractivity contribution in [3.63, 3.8) is 0 Å². The molecule has 0 radical (unpaired) electrons. The van der Waals surface area contributed by atoms with E-state index in [4.69, 9.17) is 14.6 Å². The lowest BCUT2D eigenvalue weighted by Crippen LogP contribution is -2.12. The molecule has 0 aliphatic heterocycles. The molecule has 144 valence electrons. The first-order valence-electron chi connectivity index (χ1n) is 9.28. The molecular formula is C21H21N3O4. The van der Waals surface area contributed by atoms with E-state index in [0.29, 0.717) is 16.8 Å². The Labute approximate surface area is 162 Å². The van der Waals surface area contributed by atoms with Crippen LogP contribution in [0.2, 0.25) is 0 Å². The third-order valence-corrected chi connectivity index (χ3v) is 5.21. The van der Waals surface area contributed by atoms with Gasteiger partial charge in [-0.1, -0.05) is 18.9 Å². The second kappa shape index (κ2) is 7.42. The molecule has 0 spiro atoms. The number of pyridine rings is 2. The fraction of sp³-hybridized carbons (Fsp3) is 0.333. The lowest BCUT2D eigenvalue weighted by molar-refractivity contribution is 0.0594. The summed E-state index contributed by atoms with van der Waals surface area (Å²) in [6.07, 6.45) is 6.05. The molecule has 1 fully saturated rings. The van der Waals surface area contributed by atoms with Crippen LogP contribution in [0, 0.1) is 0 Å².